The lowest BCUT2D eigenvalue weighted by Gasteiger charge is -2.25. The minimum absolute atomic E-state index is 0.0567. The highest BCUT2D eigenvalue weighted by Gasteiger charge is 2.39. The summed E-state index contributed by atoms with van der Waals surface area (Å²) in [5.41, 5.74) is -1.38. The zero-order valence-electron chi connectivity index (χ0n) is 20.2. The Kier molecular flexibility index (Phi) is 7.12. The first-order valence-electron chi connectivity index (χ1n) is 12.7. The summed E-state index contributed by atoms with van der Waals surface area (Å²) in [5.74, 6) is 1.19. The van der Waals surface area contributed by atoms with Gasteiger partial charge in [0.25, 0.3) is 5.91 Å². The molecule has 2 aliphatic rings. The van der Waals surface area contributed by atoms with Crippen molar-refractivity contribution in [2.45, 2.75) is 69.4 Å². The number of Topliss-reactive ketones (excluding diaryl/α,β-unsaturated/α-hetero) is 1. The van der Waals surface area contributed by atoms with E-state index in [2.05, 4.69) is 20.6 Å². The van der Waals surface area contributed by atoms with Gasteiger partial charge in [-0.3, -0.25) is 9.59 Å². The lowest BCUT2D eigenvalue weighted by Crippen LogP contribution is -2.27. The Hall–Kier alpha value is -3.50. The summed E-state index contributed by atoms with van der Waals surface area (Å²) in [7, 11) is 0. The Balaban J connectivity index is 1.09. The Bertz CT molecular complexity index is 1240. The van der Waals surface area contributed by atoms with E-state index >= 15 is 0 Å². The second kappa shape index (κ2) is 10.5. The molecule has 0 bridgehead atoms. The number of amides is 1. The third kappa shape index (κ3) is 5.91. The number of benzene rings is 1. The number of carbonyl (C=O) groups is 2. The maximum atomic E-state index is 13.5. The van der Waals surface area contributed by atoms with Gasteiger partial charge < -0.3 is 9.73 Å². The second-order valence-electron chi connectivity index (χ2n) is 9.80. The van der Waals surface area contributed by atoms with Crippen LogP contribution in [0.1, 0.15) is 91.0 Å². The van der Waals surface area contributed by atoms with Crippen LogP contribution in [0.2, 0.25) is 0 Å². The predicted molar refractivity (Wildman–Crippen MR) is 126 cm³/mol. The molecule has 0 aliphatic heterocycles. The largest absolute Gasteiger partial charge is 0.435 e. The summed E-state index contributed by atoms with van der Waals surface area (Å²) in [4.78, 5) is 25.2. The molecule has 37 heavy (non-hydrogen) atoms. The van der Waals surface area contributed by atoms with Gasteiger partial charge in [0, 0.05) is 36.9 Å². The van der Waals surface area contributed by atoms with Crippen LogP contribution >= 0.6 is 0 Å². The van der Waals surface area contributed by atoms with Crippen LogP contribution in [0, 0.1) is 5.92 Å². The van der Waals surface area contributed by atoms with Gasteiger partial charge in [-0.1, -0.05) is 18.2 Å². The molecule has 3 aromatic rings. The highest BCUT2D eigenvalue weighted by molar-refractivity contribution is 5.95. The van der Waals surface area contributed by atoms with Crippen LogP contribution < -0.4 is 5.32 Å². The molecule has 2 saturated carbocycles. The molecule has 0 radical (unpaired) electrons. The van der Waals surface area contributed by atoms with Crippen LogP contribution in [-0.4, -0.2) is 38.2 Å². The Morgan fingerprint density at radius 3 is 2.19 bits per heavy atom. The van der Waals surface area contributed by atoms with Crippen LogP contribution in [0.4, 0.5) is 13.2 Å². The van der Waals surface area contributed by atoms with Gasteiger partial charge in [0.1, 0.15) is 5.78 Å². The van der Waals surface area contributed by atoms with Gasteiger partial charge in [-0.05, 0) is 57.1 Å². The molecule has 2 aromatic heterocycles. The topological polar surface area (TPSA) is 103 Å². The Morgan fingerprint density at radius 2 is 1.59 bits per heavy atom. The molecule has 0 spiro atoms. The summed E-state index contributed by atoms with van der Waals surface area (Å²) in [5, 5.41) is 14.4. The summed E-state index contributed by atoms with van der Waals surface area (Å²) >= 11 is 0. The van der Waals surface area contributed by atoms with Crippen molar-refractivity contribution in [1.82, 2.24) is 25.3 Å². The van der Waals surface area contributed by atoms with E-state index in [9.17, 15) is 22.8 Å². The Labute approximate surface area is 211 Å². The molecule has 196 valence electrons. The molecule has 11 heteroatoms. The van der Waals surface area contributed by atoms with E-state index in [1.807, 2.05) is 0 Å². The molecule has 1 aromatic carbocycles. The highest BCUT2D eigenvalue weighted by Crippen LogP contribution is 2.41. The van der Waals surface area contributed by atoms with Crippen molar-refractivity contribution < 1.29 is 27.2 Å². The van der Waals surface area contributed by atoms with Crippen molar-refractivity contribution in [1.29, 1.82) is 0 Å². The van der Waals surface area contributed by atoms with Crippen molar-refractivity contribution in [2.24, 2.45) is 5.92 Å². The molecule has 1 N–H and O–H groups in total. The molecule has 0 atom stereocenters. The zero-order valence-corrected chi connectivity index (χ0v) is 20.2. The number of halogens is 3. The third-order valence-electron chi connectivity index (χ3n) is 7.05. The first-order valence-corrected chi connectivity index (χ1v) is 12.7. The number of ketones is 1. The number of nitrogens with one attached hydrogen (secondary N) is 1. The highest BCUT2D eigenvalue weighted by atomic mass is 19.4. The normalized spacial score (nSPS) is 20.1. The van der Waals surface area contributed by atoms with E-state index in [-0.39, 0.29) is 30.6 Å². The van der Waals surface area contributed by atoms with Gasteiger partial charge in [-0.15, -0.1) is 10.2 Å². The van der Waals surface area contributed by atoms with Crippen LogP contribution in [0.5, 0.6) is 0 Å². The average Bonchev–Trinajstić information content (AvgIpc) is 3.44. The van der Waals surface area contributed by atoms with Crippen LogP contribution in [0.25, 0.3) is 5.69 Å². The number of rotatable bonds is 9. The minimum atomic E-state index is -4.78. The summed E-state index contributed by atoms with van der Waals surface area (Å²) < 4.78 is 47.4. The van der Waals surface area contributed by atoms with Crippen molar-refractivity contribution in [3.05, 3.63) is 59.6 Å². The van der Waals surface area contributed by atoms with E-state index in [1.54, 1.807) is 30.3 Å². The quantitative estimate of drug-likeness (QED) is 0.393. The predicted octanol–water partition coefficient (Wildman–Crippen LogP) is 5.20. The summed E-state index contributed by atoms with van der Waals surface area (Å²) in [6.07, 6.45) is 2.22. The molecule has 2 heterocycles. The van der Waals surface area contributed by atoms with Crippen LogP contribution in [-0.2, 0) is 11.0 Å². The smallest absolute Gasteiger partial charge is 0.425 e. The monoisotopic (exact) mass is 515 g/mol. The fourth-order valence-electron chi connectivity index (χ4n) is 4.80. The van der Waals surface area contributed by atoms with Crippen molar-refractivity contribution in [3.8, 4) is 5.69 Å². The minimum Gasteiger partial charge on any atom is -0.425 e. The summed E-state index contributed by atoms with van der Waals surface area (Å²) in [6.45, 7) is 0.0969. The van der Waals surface area contributed by atoms with Gasteiger partial charge in [-0.2, -0.15) is 18.3 Å². The summed E-state index contributed by atoms with van der Waals surface area (Å²) in [6, 6.07) is 8.27. The van der Waals surface area contributed by atoms with E-state index in [1.165, 1.54) is 0 Å². The van der Waals surface area contributed by atoms with Crippen LogP contribution in [0.15, 0.2) is 40.9 Å². The molecular weight excluding hydrogens is 487 g/mol. The van der Waals surface area contributed by atoms with Gasteiger partial charge in [-0.25, -0.2) is 4.68 Å². The number of hydrogen-bond acceptors (Lipinski definition) is 6. The van der Waals surface area contributed by atoms with Crippen LogP contribution in [0.3, 0.4) is 0 Å². The fraction of sp³-hybridized carbons (Fsp3) is 0.500. The third-order valence-corrected chi connectivity index (χ3v) is 7.05. The number of carbonyl (C=O) groups excluding carboxylic acids is 2. The molecule has 2 fully saturated rings. The van der Waals surface area contributed by atoms with Gasteiger partial charge in [0.15, 0.2) is 5.69 Å². The van der Waals surface area contributed by atoms with Crippen molar-refractivity contribution in [2.75, 3.05) is 6.54 Å². The maximum Gasteiger partial charge on any atom is 0.435 e. The lowest BCUT2D eigenvalue weighted by atomic mass is 9.79. The van der Waals surface area contributed by atoms with E-state index in [0.29, 0.717) is 23.9 Å². The van der Waals surface area contributed by atoms with Crippen molar-refractivity contribution >= 4 is 11.7 Å². The zero-order chi connectivity index (χ0) is 26.0. The molecule has 1 amide bonds. The number of hydrogen-bond donors (Lipinski definition) is 1. The van der Waals surface area contributed by atoms with Gasteiger partial charge >= 0.3 is 6.18 Å². The molecule has 5 rings (SSSR count). The van der Waals surface area contributed by atoms with E-state index < -0.39 is 23.3 Å². The molecule has 8 nitrogen and oxygen atoms in total. The van der Waals surface area contributed by atoms with E-state index in [4.69, 9.17) is 4.42 Å². The second-order valence-corrected chi connectivity index (χ2v) is 9.80. The van der Waals surface area contributed by atoms with Gasteiger partial charge in [0.2, 0.25) is 11.8 Å². The molecule has 0 unspecified atom stereocenters. The molecule has 2 aliphatic carbocycles. The fourth-order valence-corrected chi connectivity index (χ4v) is 4.80. The van der Waals surface area contributed by atoms with Crippen molar-refractivity contribution in [3.63, 3.8) is 0 Å². The molecule has 0 saturated heterocycles. The standard InChI is InChI=1S/C26H28F3N5O3/c27-26(28,29)22-20(15-34(33-22)19-5-2-1-3-6-19)23(36)30-14-4-7-21(35)16-8-10-17(11-9-16)24-31-32-25(37-24)18-12-13-18/h1-3,5-6,15-18H,4,7-14H2,(H,30,36). The molecular formula is C26H28F3N5O3. The number of aromatic nitrogens is 4. The number of alkyl halides is 3. The number of nitrogens with zero attached hydrogens (tertiary/aromatic N) is 4. The average molecular weight is 516 g/mol. The SMILES string of the molecule is O=C(NCCCC(=O)C1CCC(c2nnc(C3CC3)o2)CC1)c1cn(-c2ccccc2)nc1C(F)(F)F. The maximum absolute atomic E-state index is 13.5. The Morgan fingerprint density at radius 1 is 0.973 bits per heavy atom. The van der Waals surface area contributed by atoms with Gasteiger partial charge in [0.05, 0.1) is 11.3 Å². The lowest BCUT2D eigenvalue weighted by molar-refractivity contribution is -0.141. The first-order chi connectivity index (χ1) is 17.8. The first kappa shape index (κ1) is 25.2. The number of para-hydroxylation sites is 1. The van der Waals surface area contributed by atoms with E-state index in [0.717, 1.165) is 55.3 Å².